The van der Waals surface area contributed by atoms with Gasteiger partial charge in [-0.1, -0.05) is 0 Å². The largest absolute Gasteiger partial charge is 0.480 e. The van der Waals surface area contributed by atoms with Crippen molar-refractivity contribution < 1.29 is 15.0 Å². The van der Waals surface area contributed by atoms with Crippen LogP contribution in [-0.4, -0.2) is 25.7 Å². The van der Waals surface area contributed by atoms with E-state index in [4.69, 9.17) is 5.11 Å². The minimum absolute atomic E-state index is 0.195. The Kier molecular flexibility index (Phi) is 3.09. The number of aliphatic carboxylic acids is 1. The summed E-state index contributed by atoms with van der Waals surface area (Å²) in [6.45, 7) is 5.33. The van der Waals surface area contributed by atoms with Crippen molar-refractivity contribution in [2.45, 2.75) is 33.4 Å². The number of benzene rings is 1. The Balaban J connectivity index is 2.72. The highest BCUT2D eigenvalue weighted by Crippen LogP contribution is 2.23. The zero-order chi connectivity index (χ0) is 13.4. The first-order valence-corrected chi connectivity index (χ1v) is 5.77. The Hall–Kier alpha value is -1.88. The van der Waals surface area contributed by atoms with Crippen LogP contribution in [0.15, 0.2) is 12.1 Å². The van der Waals surface area contributed by atoms with Crippen LogP contribution < -0.4 is 0 Å². The van der Waals surface area contributed by atoms with Crippen LogP contribution in [-0.2, 0) is 11.3 Å². The number of hydrogen-bond donors (Lipinski definition) is 2. The third kappa shape index (κ3) is 2.09. The van der Waals surface area contributed by atoms with Gasteiger partial charge in [-0.3, -0.25) is 4.79 Å². The average molecular weight is 248 g/mol. The van der Waals surface area contributed by atoms with Crippen LogP contribution in [0.3, 0.4) is 0 Å². The molecule has 0 saturated heterocycles. The van der Waals surface area contributed by atoms with E-state index in [1.165, 1.54) is 0 Å². The van der Waals surface area contributed by atoms with Crippen LogP contribution in [0.1, 0.15) is 30.0 Å². The molecule has 96 valence electrons. The normalized spacial score (nSPS) is 12.9. The maximum atomic E-state index is 10.9. The van der Waals surface area contributed by atoms with Gasteiger partial charge in [0.15, 0.2) is 0 Å². The fraction of sp³-hybridized carbons (Fsp3) is 0.385. The Morgan fingerprint density at radius 2 is 2.00 bits per heavy atom. The lowest BCUT2D eigenvalue weighted by molar-refractivity contribution is -0.137. The van der Waals surface area contributed by atoms with Gasteiger partial charge in [0.2, 0.25) is 0 Å². The van der Waals surface area contributed by atoms with Gasteiger partial charge in [-0.15, -0.1) is 0 Å². The van der Waals surface area contributed by atoms with Gasteiger partial charge in [-0.25, -0.2) is 4.98 Å². The first kappa shape index (κ1) is 12.6. The molecule has 0 fully saturated rings. The summed E-state index contributed by atoms with van der Waals surface area (Å²) < 4.78 is 1.55. The van der Waals surface area contributed by atoms with Crippen molar-refractivity contribution in [3.05, 3.63) is 29.1 Å². The minimum atomic E-state index is -0.950. The second-order valence-corrected chi connectivity index (χ2v) is 4.55. The summed E-state index contributed by atoms with van der Waals surface area (Å²) in [4.78, 5) is 15.2. The van der Waals surface area contributed by atoms with E-state index in [1.807, 2.05) is 26.0 Å². The molecule has 1 aromatic heterocycles. The maximum absolute atomic E-state index is 10.9. The van der Waals surface area contributed by atoms with E-state index in [-0.39, 0.29) is 6.54 Å². The van der Waals surface area contributed by atoms with Crippen molar-refractivity contribution >= 4 is 17.0 Å². The zero-order valence-corrected chi connectivity index (χ0v) is 10.6. The van der Waals surface area contributed by atoms with Crippen molar-refractivity contribution in [2.24, 2.45) is 0 Å². The van der Waals surface area contributed by atoms with E-state index in [0.29, 0.717) is 5.82 Å². The molecule has 0 aliphatic carbocycles. The highest BCUT2D eigenvalue weighted by Gasteiger charge is 2.17. The number of aliphatic hydroxyl groups is 1. The number of imidazole rings is 1. The van der Waals surface area contributed by atoms with Crippen LogP contribution in [0.25, 0.3) is 11.0 Å². The molecule has 1 heterocycles. The van der Waals surface area contributed by atoms with Gasteiger partial charge < -0.3 is 14.8 Å². The lowest BCUT2D eigenvalue weighted by Crippen LogP contribution is -2.13. The predicted molar refractivity (Wildman–Crippen MR) is 67.5 cm³/mol. The molecule has 0 bridgehead atoms. The number of aromatic nitrogens is 2. The Morgan fingerprint density at radius 3 is 2.56 bits per heavy atom. The summed E-state index contributed by atoms with van der Waals surface area (Å²) in [7, 11) is 0. The quantitative estimate of drug-likeness (QED) is 0.868. The lowest BCUT2D eigenvalue weighted by Gasteiger charge is -2.08. The predicted octanol–water partition coefficient (Wildman–Crippen LogP) is 1.79. The van der Waals surface area contributed by atoms with Gasteiger partial charge in [-0.2, -0.15) is 0 Å². The Labute approximate surface area is 105 Å². The van der Waals surface area contributed by atoms with Gasteiger partial charge in [0, 0.05) is 0 Å². The first-order chi connectivity index (χ1) is 8.40. The molecule has 0 spiro atoms. The summed E-state index contributed by atoms with van der Waals surface area (Å²) in [5.41, 5.74) is 3.64. The molecule has 5 nitrogen and oxygen atoms in total. The Morgan fingerprint density at radius 1 is 1.39 bits per heavy atom. The van der Waals surface area contributed by atoms with Crippen molar-refractivity contribution in [1.82, 2.24) is 9.55 Å². The van der Waals surface area contributed by atoms with E-state index in [1.54, 1.807) is 11.5 Å². The van der Waals surface area contributed by atoms with Crippen molar-refractivity contribution in [2.75, 3.05) is 0 Å². The number of aryl methyl sites for hydroxylation is 2. The molecular weight excluding hydrogens is 232 g/mol. The van der Waals surface area contributed by atoms with E-state index in [2.05, 4.69) is 4.98 Å². The first-order valence-electron chi connectivity index (χ1n) is 5.77. The summed E-state index contributed by atoms with van der Waals surface area (Å²) in [6, 6.07) is 3.82. The number of fused-ring (bicyclic) bond motifs is 1. The molecule has 18 heavy (non-hydrogen) atoms. The minimum Gasteiger partial charge on any atom is -0.480 e. The fourth-order valence-corrected chi connectivity index (χ4v) is 2.02. The highest BCUT2D eigenvalue weighted by molar-refractivity contribution is 5.80. The van der Waals surface area contributed by atoms with E-state index < -0.39 is 12.1 Å². The third-order valence-corrected chi connectivity index (χ3v) is 3.06. The number of rotatable bonds is 3. The number of hydrogen-bond acceptors (Lipinski definition) is 3. The summed E-state index contributed by atoms with van der Waals surface area (Å²) in [5, 5.41) is 18.6. The maximum Gasteiger partial charge on any atom is 0.323 e. The van der Waals surface area contributed by atoms with E-state index in [0.717, 1.165) is 22.2 Å². The number of carboxylic acids is 1. The Bertz CT molecular complexity index is 614. The molecular formula is C13H16N2O3. The fourth-order valence-electron chi connectivity index (χ4n) is 2.02. The summed E-state index contributed by atoms with van der Waals surface area (Å²) in [5.74, 6) is -0.563. The monoisotopic (exact) mass is 248 g/mol. The standard InChI is InChI=1S/C13H16N2O3/c1-7-4-10-11(5-8(7)2)15(6-12(17)18)13(14-10)9(3)16/h4-5,9,16H,6H2,1-3H3,(H,17,18)/t9-/m0/s1. The van der Waals surface area contributed by atoms with Crippen molar-refractivity contribution in [3.63, 3.8) is 0 Å². The second kappa shape index (κ2) is 4.42. The zero-order valence-electron chi connectivity index (χ0n) is 10.6. The van der Waals surface area contributed by atoms with Crippen LogP contribution in [0.5, 0.6) is 0 Å². The summed E-state index contributed by atoms with van der Waals surface area (Å²) >= 11 is 0. The van der Waals surface area contributed by atoms with Gasteiger partial charge in [0.05, 0.1) is 11.0 Å². The molecule has 2 aromatic rings. The van der Waals surface area contributed by atoms with Crippen LogP contribution in [0.2, 0.25) is 0 Å². The van der Waals surface area contributed by atoms with Crippen molar-refractivity contribution in [3.8, 4) is 0 Å². The van der Waals surface area contributed by atoms with Gasteiger partial charge in [0.25, 0.3) is 0 Å². The molecule has 5 heteroatoms. The molecule has 1 atom stereocenters. The molecule has 0 radical (unpaired) electrons. The van der Waals surface area contributed by atoms with Gasteiger partial charge >= 0.3 is 5.97 Å². The molecule has 0 aliphatic heterocycles. The number of carboxylic acid groups (broad SMARTS) is 1. The molecule has 0 aliphatic rings. The molecule has 0 saturated carbocycles. The molecule has 0 amide bonds. The number of carbonyl (C=O) groups is 1. The molecule has 2 rings (SSSR count). The average Bonchev–Trinajstić information content (AvgIpc) is 2.57. The third-order valence-electron chi connectivity index (χ3n) is 3.06. The van der Waals surface area contributed by atoms with Gasteiger partial charge in [0.1, 0.15) is 18.5 Å². The topological polar surface area (TPSA) is 75.4 Å². The smallest absolute Gasteiger partial charge is 0.323 e. The number of aliphatic hydroxyl groups excluding tert-OH is 1. The van der Waals surface area contributed by atoms with Crippen LogP contribution in [0.4, 0.5) is 0 Å². The van der Waals surface area contributed by atoms with Gasteiger partial charge in [-0.05, 0) is 44.0 Å². The molecule has 1 aromatic carbocycles. The van der Waals surface area contributed by atoms with E-state index in [9.17, 15) is 9.90 Å². The SMILES string of the molecule is Cc1cc2nc([C@H](C)O)n(CC(=O)O)c2cc1C. The van der Waals surface area contributed by atoms with Crippen LogP contribution >= 0.6 is 0 Å². The molecule has 2 N–H and O–H groups in total. The van der Waals surface area contributed by atoms with Crippen LogP contribution in [0, 0.1) is 13.8 Å². The summed E-state index contributed by atoms with van der Waals surface area (Å²) in [6.07, 6.45) is -0.794. The number of nitrogens with zero attached hydrogens (tertiary/aromatic N) is 2. The second-order valence-electron chi connectivity index (χ2n) is 4.55. The highest BCUT2D eigenvalue weighted by atomic mass is 16.4. The lowest BCUT2D eigenvalue weighted by atomic mass is 10.1. The molecule has 0 unspecified atom stereocenters. The van der Waals surface area contributed by atoms with E-state index >= 15 is 0 Å². The van der Waals surface area contributed by atoms with Crippen molar-refractivity contribution in [1.29, 1.82) is 0 Å².